The van der Waals surface area contributed by atoms with E-state index in [1.165, 1.54) is 26.0 Å². The largest absolute Gasteiger partial charge is 0.481 e. The second-order valence-corrected chi connectivity index (χ2v) is 5.18. The summed E-state index contributed by atoms with van der Waals surface area (Å²) in [6.07, 6.45) is 2.87. The molecule has 1 atom stereocenters. The number of aldehydes is 1. The molecule has 0 aliphatic carbocycles. The van der Waals surface area contributed by atoms with Gasteiger partial charge in [-0.15, -0.1) is 0 Å². The quantitative estimate of drug-likeness (QED) is 0.415. The monoisotopic (exact) mass is 284 g/mol. The van der Waals surface area contributed by atoms with Crippen LogP contribution in [0, 0.1) is 5.92 Å². The Hall–Kier alpha value is -1.30. The van der Waals surface area contributed by atoms with Gasteiger partial charge in [-0.3, -0.25) is 0 Å². The van der Waals surface area contributed by atoms with Crippen LogP contribution in [0.5, 0.6) is 11.8 Å². The van der Waals surface area contributed by atoms with E-state index >= 15 is 0 Å². The van der Waals surface area contributed by atoms with Crippen molar-refractivity contribution in [2.75, 3.05) is 14.2 Å². The molecular formula is C13H20N2O3S. The maximum atomic E-state index is 11.2. The molecule has 1 heterocycles. The molecule has 1 rings (SSSR count). The number of methoxy groups -OCH3 is 2. The van der Waals surface area contributed by atoms with Gasteiger partial charge >= 0.3 is 0 Å². The van der Waals surface area contributed by atoms with Gasteiger partial charge in [-0.1, -0.05) is 38.5 Å². The van der Waals surface area contributed by atoms with Crippen molar-refractivity contribution in [3.8, 4) is 11.8 Å². The van der Waals surface area contributed by atoms with Gasteiger partial charge in [0.1, 0.15) is 6.29 Å². The summed E-state index contributed by atoms with van der Waals surface area (Å²) in [6, 6.07) is 1.61. The van der Waals surface area contributed by atoms with Gasteiger partial charge < -0.3 is 14.3 Å². The number of aromatic nitrogens is 2. The third-order valence-corrected chi connectivity index (χ3v) is 4.13. The fraction of sp³-hybridized carbons (Fsp3) is 0.615. The van der Waals surface area contributed by atoms with E-state index in [1.807, 2.05) is 0 Å². The minimum atomic E-state index is -0.146. The average molecular weight is 284 g/mol. The Bertz CT molecular complexity index is 389. The molecule has 0 fully saturated rings. The number of carbonyl (C=O) groups excluding carboxylic acids is 1. The number of thioether (sulfide) groups is 1. The van der Waals surface area contributed by atoms with E-state index in [-0.39, 0.29) is 5.25 Å². The van der Waals surface area contributed by atoms with Crippen molar-refractivity contribution < 1.29 is 14.3 Å². The first-order valence-corrected chi connectivity index (χ1v) is 7.15. The fourth-order valence-corrected chi connectivity index (χ4v) is 2.92. The molecule has 0 aromatic carbocycles. The van der Waals surface area contributed by atoms with E-state index < -0.39 is 0 Å². The first kappa shape index (κ1) is 15.8. The highest BCUT2D eigenvalue weighted by molar-refractivity contribution is 8.00. The lowest BCUT2D eigenvalue weighted by Crippen LogP contribution is -2.18. The predicted octanol–water partition coefficient (Wildman–Crippen LogP) is 2.59. The molecule has 1 aromatic heterocycles. The molecule has 0 radical (unpaired) electrons. The van der Waals surface area contributed by atoms with Gasteiger partial charge in [0.2, 0.25) is 11.8 Å². The van der Waals surface area contributed by atoms with Crippen molar-refractivity contribution in [1.29, 1.82) is 0 Å². The molecule has 0 aliphatic heterocycles. The highest BCUT2D eigenvalue weighted by Gasteiger charge is 2.21. The zero-order valence-electron chi connectivity index (χ0n) is 11.8. The van der Waals surface area contributed by atoms with Crippen LogP contribution in [0.25, 0.3) is 0 Å². The Morgan fingerprint density at radius 2 is 1.74 bits per heavy atom. The van der Waals surface area contributed by atoms with Crippen molar-refractivity contribution >= 4 is 18.0 Å². The van der Waals surface area contributed by atoms with Crippen LogP contribution < -0.4 is 9.47 Å². The van der Waals surface area contributed by atoms with Crippen LogP contribution in [0.4, 0.5) is 0 Å². The van der Waals surface area contributed by atoms with Crippen molar-refractivity contribution in [1.82, 2.24) is 9.97 Å². The standard InChI is InChI=1S/C13H20N2O3S/c1-5-9(6-2)10(8-16)19-13-14-11(17-3)7-12(15-13)18-4/h7-10H,5-6H2,1-4H3. The molecule has 6 heteroatoms. The van der Waals surface area contributed by atoms with Crippen LogP contribution in [0.1, 0.15) is 26.7 Å². The molecule has 0 bridgehead atoms. The summed E-state index contributed by atoms with van der Waals surface area (Å²) in [4.78, 5) is 19.7. The Balaban J connectivity index is 2.92. The zero-order valence-corrected chi connectivity index (χ0v) is 12.6. The summed E-state index contributed by atoms with van der Waals surface area (Å²) in [5, 5.41) is 0.354. The molecule has 19 heavy (non-hydrogen) atoms. The number of hydrogen-bond donors (Lipinski definition) is 0. The maximum Gasteiger partial charge on any atom is 0.220 e. The van der Waals surface area contributed by atoms with Crippen molar-refractivity contribution in [2.45, 2.75) is 37.1 Å². The van der Waals surface area contributed by atoms with Crippen LogP contribution in [-0.2, 0) is 4.79 Å². The van der Waals surface area contributed by atoms with Gasteiger partial charge in [-0.05, 0) is 5.92 Å². The van der Waals surface area contributed by atoms with E-state index in [0.717, 1.165) is 19.1 Å². The lowest BCUT2D eigenvalue weighted by molar-refractivity contribution is -0.108. The minimum absolute atomic E-state index is 0.146. The third kappa shape index (κ3) is 4.38. The lowest BCUT2D eigenvalue weighted by atomic mass is 10.0. The average Bonchev–Trinajstić information content (AvgIpc) is 2.46. The van der Waals surface area contributed by atoms with E-state index in [1.54, 1.807) is 6.07 Å². The molecular weight excluding hydrogens is 264 g/mol. The number of carbonyl (C=O) groups is 1. The normalized spacial score (nSPS) is 12.3. The first-order valence-electron chi connectivity index (χ1n) is 6.27. The van der Waals surface area contributed by atoms with Gasteiger partial charge in [0, 0.05) is 0 Å². The van der Waals surface area contributed by atoms with Gasteiger partial charge in [-0.25, -0.2) is 0 Å². The molecule has 0 aliphatic rings. The summed E-state index contributed by atoms with van der Waals surface area (Å²) < 4.78 is 10.2. The molecule has 0 saturated heterocycles. The molecule has 0 amide bonds. The van der Waals surface area contributed by atoms with Crippen molar-refractivity contribution in [3.05, 3.63) is 6.07 Å². The number of nitrogens with zero attached hydrogens (tertiary/aromatic N) is 2. The van der Waals surface area contributed by atoms with E-state index in [2.05, 4.69) is 23.8 Å². The molecule has 1 unspecified atom stereocenters. The Kier molecular flexibility index (Phi) is 6.62. The van der Waals surface area contributed by atoms with Gasteiger partial charge in [0.05, 0.1) is 25.5 Å². The van der Waals surface area contributed by atoms with Crippen LogP contribution in [0.3, 0.4) is 0 Å². The van der Waals surface area contributed by atoms with Gasteiger partial charge in [0.15, 0.2) is 5.16 Å². The van der Waals surface area contributed by atoms with E-state index in [9.17, 15) is 4.79 Å². The van der Waals surface area contributed by atoms with Gasteiger partial charge in [0.25, 0.3) is 0 Å². The molecule has 1 aromatic rings. The second kappa shape index (κ2) is 7.99. The molecule has 0 saturated carbocycles. The fourth-order valence-electron chi connectivity index (χ4n) is 1.76. The van der Waals surface area contributed by atoms with Crippen molar-refractivity contribution in [3.63, 3.8) is 0 Å². The predicted molar refractivity (Wildman–Crippen MR) is 74.9 cm³/mol. The molecule has 0 spiro atoms. The number of ether oxygens (including phenoxy) is 2. The molecule has 0 N–H and O–H groups in total. The second-order valence-electron chi connectivity index (χ2n) is 4.03. The Labute approximate surface area is 118 Å². The summed E-state index contributed by atoms with van der Waals surface area (Å²) in [7, 11) is 3.07. The SMILES string of the molecule is CCC(CC)C(C=O)Sc1nc(OC)cc(OC)n1. The van der Waals surface area contributed by atoms with Crippen LogP contribution >= 0.6 is 11.8 Å². The topological polar surface area (TPSA) is 61.3 Å². The van der Waals surface area contributed by atoms with Crippen LogP contribution in [0.15, 0.2) is 11.2 Å². The first-order chi connectivity index (χ1) is 9.18. The Morgan fingerprint density at radius 3 is 2.11 bits per heavy atom. The summed E-state index contributed by atoms with van der Waals surface area (Å²) in [5.74, 6) is 1.19. The maximum absolute atomic E-state index is 11.2. The number of hydrogen-bond acceptors (Lipinski definition) is 6. The summed E-state index contributed by atoms with van der Waals surface area (Å²) in [5.41, 5.74) is 0. The zero-order chi connectivity index (χ0) is 14.3. The minimum Gasteiger partial charge on any atom is -0.481 e. The smallest absolute Gasteiger partial charge is 0.220 e. The van der Waals surface area contributed by atoms with E-state index in [4.69, 9.17) is 9.47 Å². The summed E-state index contributed by atoms with van der Waals surface area (Å²) >= 11 is 1.35. The summed E-state index contributed by atoms with van der Waals surface area (Å²) in [6.45, 7) is 4.16. The molecule has 106 valence electrons. The van der Waals surface area contributed by atoms with Gasteiger partial charge in [-0.2, -0.15) is 9.97 Å². The lowest BCUT2D eigenvalue weighted by Gasteiger charge is -2.18. The van der Waals surface area contributed by atoms with E-state index in [0.29, 0.717) is 22.8 Å². The third-order valence-electron chi connectivity index (χ3n) is 2.97. The highest BCUT2D eigenvalue weighted by Crippen LogP contribution is 2.30. The number of rotatable bonds is 8. The Morgan fingerprint density at radius 1 is 1.21 bits per heavy atom. The molecule has 5 nitrogen and oxygen atoms in total. The van der Waals surface area contributed by atoms with Crippen LogP contribution in [0.2, 0.25) is 0 Å². The highest BCUT2D eigenvalue weighted by atomic mass is 32.2. The van der Waals surface area contributed by atoms with Crippen molar-refractivity contribution in [2.24, 2.45) is 5.92 Å². The van der Waals surface area contributed by atoms with Crippen LogP contribution in [-0.4, -0.2) is 35.7 Å².